The molecule has 2 rings (SSSR count). The molecule has 1 fully saturated rings. The van der Waals surface area contributed by atoms with Gasteiger partial charge in [-0.3, -0.25) is 4.90 Å². The van der Waals surface area contributed by atoms with Crippen LogP contribution >= 0.6 is 0 Å². The predicted molar refractivity (Wildman–Crippen MR) is 75.0 cm³/mol. The number of nitrogens with one attached hydrogen (secondary N) is 1. The van der Waals surface area contributed by atoms with Gasteiger partial charge in [0.05, 0.1) is 12.7 Å². The summed E-state index contributed by atoms with van der Waals surface area (Å²) in [7, 11) is 0. The summed E-state index contributed by atoms with van der Waals surface area (Å²) in [6.45, 7) is 6.47. The maximum Gasteiger partial charge on any atom is 0.124 e. The van der Waals surface area contributed by atoms with Crippen LogP contribution in [0.4, 0.5) is 0 Å². The summed E-state index contributed by atoms with van der Waals surface area (Å²) in [6.07, 6.45) is 1.09. The first kappa shape index (κ1) is 13.9. The summed E-state index contributed by atoms with van der Waals surface area (Å²) in [5.41, 5.74) is 1.02. The zero-order valence-electron chi connectivity index (χ0n) is 11.4. The smallest absolute Gasteiger partial charge is 0.124 e. The van der Waals surface area contributed by atoms with Crippen molar-refractivity contribution in [2.24, 2.45) is 0 Å². The molecule has 0 aliphatic carbocycles. The number of benzene rings is 1. The molecule has 102 valence electrons. The minimum absolute atomic E-state index is 0.180. The highest BCUT2D eigenvalue weighted by Gasteiger charge is 2.21. The van der Waals surface area contributed by atoms with Crippen LogP contribution in [0.5, 0.6) is 5.75 Å². The third-order valence-corrected chi connectivity index (χ3v) is 3.35. The third kappa shape index (κ3) is 3.69. The van der Waals surface area contributed by atoms with Crippen molar-refractivity contribution in [2.75, 3.05) is 32.8 Å². The van der Waals surface area contributed by atoms with E-state index in [1.165, 1.54) is 0 Å². The Bertz CT molecular complexity index is 433. The third-order valence-electron chi connectivity index (χ3n) is 3.35. The summed E-state index contributed by atoms with van der Waals surface area (Å²) < 4.78 is 5.51. The topological polar surface area (TPSA) is 48.3 Å². The standard InChI is InChI=1S/C15H21N3O/c1-2-19-14-6-3-5-13(11-14)15(12-16)18-9-4-7-17-8-10-18/h3,5-6,11,15,17H,2,4,7-10H2,1H3. The van der Waals surface area contributed by atoms with E-state index in [4.69, 9.17) is 4.74 Å². The van der Waals surface area contributed by atoms with Gasteiger partial charge < -0.3 is 10.1 Å². The molecule has 1 atom stereocenters. The van der Waals surface area contributed by atoms with Gasteiger partial charge in [0.15, 0.2) is 0 Å². The summed E-state index contributed by atoms with van der Waals surface area (Å²) in [5.74, 6) is 0.841. The second kappa shape index (κ2) is 7.13. The van der Waals surface area contributed by atoms with Crippen LogP contribution in [-0.2, 0) is 0 Å². The monoisotopic (exact) mass is 259 g/mol. The van der Waals surface area contributed by atoms with Gasteiger partial charge in [0.1, 0.15) is 11.8 Å². The van der Waals surface area contributed by atoms with Crippen LogP contribution in [-0.4, -0.2) is 37.7 Å². The normalized spacial score (nSPS) is 18.3. The Labute approximate surface area is 115 Å². The second-order valence-electron chi connectivity index (χ2n) is 4.68. The van der Waals surface area contributed by atoms with E-state index in [1.807, 2.05) is 31.2 Å². The number of ether oxygens (including phenoxy) is 1. The van der Waals surface area contributed by atoms with Gasteiger partial charge in [-0.2, -0.15) is 5.26 Å². The molecule has 0 radical (unpaired) electrons. The minimum atomic E-state index is -0.180. The van der Waals surface area contributed by atoms with Crippen molar-refractivity contribution >= 4 is 0 Å². The van der Waals surface area contributed by atoms with Gasteiger partial charge in [0, 0.05) is 19.6 Å². The van der Waals surface area contributed by atoms with Crippen molar-refractivity contribution in [2.45, 2.75) is 19.4 Å². The Balaban J connectivity index is 2.16. The highest BCUT2D eigenvalue weighted by molar-refractivity contribution is 5.33. The highest BCUT2D eigenvalue weighted by atomic mass is 16.5. The molecule has 0 bridgehead atoms. The van der Waals surface area contributed by atoms with Crippen molar-refractivity contribution in [1.29, 1.82) is 5.26 Å². The molecule has 0 aromatic heterocycles. The fourth-order valence-electron chi connectivity index (χ4n) is 2.43. The maximum absolute atomic E-state index is 9.49. The Kier molecular flexibility index (Phi) is 5.20. The van der Waals surface area contributed by atoms with Crippen molar-refractivity contribution in [3.8, 4) is 11.8 Å². The fraction of sp³-hybridized carbons (Fsp3) is 0.533. The molecule has 0 saturated carbocycles. The largest absolute Gasteiger partial charge is 0.494 e. The Morgan fingerprint density at radius 3 is 3.11 bits per heavy atom. The molecule has 1 aliphatic rings. The molecule has 1 aromatic rings. The molecule has 1 aliphatic heterocycles. The van der Waals surface area contributed by atoms with Gasteiger partial charge in [-0.05, 0) is 37.6 Å². The minimum Gasteiger partial charge on any atom is -0.494 e. The molecular formula is C15H21N3O. The van der Waals surface area contributed by atoms with Crippen LogP contribution in [0.3, 0.4) is 0 Å². The highest BCUT2D eigenvalue weighted by Crippen LogP contribution is 2.24. The molecule has 1 N–H and O–H groups in total. The second-order valence-corrected chi connectivity index (χ2v) is 4.68. The first-order valence-electron chi connectivity index (χ1n) is 6.92. The zero-order valence-corrected chi connectivity index (χ0v) is 11.4. The average Bonchev–Trinajstić information content (AvgIpc) is 2.70. The van der Waals surface area contributed by atoms with E-state index in [0.29, 0.717) is 6.61 Å². The Hall–Kier alpha value is -1.57. The van der Waals surface area contributed by atoms with E-state index in [0.717, 1.165) is 43.9 Å². The van der Waals surface area contributed by atoms with E-state index in [9.17, 15) is 5.26 Å². The lowest BCUT2D eigenvalue weighted by Gasteiger charge is -2.25. The van der Waals surface area contributed by atoms with Crippen molar-refractivity contribution in [3.63, 3.8) is 0 Å². The lowest BCUT2D eigenvalue weighted by Crippen LogP contribution is -2.31. The average molecular weight is 259 g/mol. The molecule has 19 heavy (non-hydrogen) atoms. The molecule has 1 aromatic carbocycles. The number of nitriles is 1. The van der Waals surface area contributed by atoms with Gasteiger partial charge in [0.2, 0.25) is 0 Å². The van der Waals surface area contributed by atoms with Gasteiger partial charge in [0.25, 0.3) is 0 Å². The molecule has 1 unspecified atom stereocenters. The SMILES string of the molecule is CCOc1cccc(C(C#N)N2CCCNCC2)c1. The predicted octanol–water partition coefficient (Wildman–Crippen LogP) is 1.95. The molecule has 1 heterocycles. The van der Waals surface area contributed by atoms with E-state index in [1.54, 1.807) is 0 Å². The quantitative estimate of drug-likeness (QED) is 0.898. The van der Waals surface area contributed by atoms with Gasteiger partial charge in [-0.1, -0.05) is 12.1 Å². The summed E-state index contributed by atoms with van der Waals surface area (Å²) in [4.78, 5) is 2.24. The van der Waals surface area contributed by atoms with Crippen LogP contribution in [0.15, 0.2) is 24.3 Å². The molecule has 0 spiro atoms. The summed E-state index contributed by atoms with van der Waals surface area (Å²) >= 11 is 0. The van der Waals surface area contributed by atoms with Crippen LogP contribution in [0, 0.1) is 11.3 Å². The number of rotatable bonds is 4. The Morgan fingerprint density at radius 1 is 1.42 bits per heavy atom. The number of hydrogen-bond donors (Lipinski definition) is 1. The van der Waals surface area contributed by atoms with E-state index >= 15 is 0 Å². The van der Waals surface area contributed by atoms with Crippen LogP contribution in [0.1, 0.15) is 24.9 Å². The van der Waals surface area contributed by atoms with Crippen molar-refractivity contribution in [3.05, 3.63) is 29.8 Å². The van der Waals surface area contributed by atoms with Crippen molar-refractivity contribution < 1.29 is 4.74 Å². The number of hydrogen-bond acceptors (Lipinski definition) is 4. The lowest BCUT2D eigenvalue weighted by atomic mass is 10.1. The molecular weight excluding hydrogens is 238 g/mol. The van der Waals surface area contributed by atoms with E-state index < -0.39 is 0 Å². The van der Waals surface area contributed by atoms with Gasteiger partial charge in [-0.25, -0.2) is 0 Å². The zero-order chi connectivity index (χ0) is 13.5. The van der Waals surface area contributed by atoms with Crippen molar-refractivity contribution in [1.82, 2.24) is 10.2 Å². The van der Waals surface area contributed by atoms with Crippen LogP contribution in [0.25, 0.3) is 0 Å². The molecule has 4 nitrogen and oxygen atoms in total. The van der Waals surface area contributed by atoms with Crippen LogP contribution in [0.2, 0.25) is 0 Å². The molecule has 1 saturated heterocycles. The fourth-order valence-corrected chi connectivity index (χ4v) is 2.43. The lowest BCUT2D eigenvalue weighted by molar-refractivity contribution is 0.251. The Morgan fingerprint density at radius 2 is 2.32 bits per heavy atom. The maximum atomic E-state index is 9.49. The van der Waals surface area contributed by atoms with E-state index in [-0.39, 0.29) is 6.04 Å². The molecule has 4 heteroatoms. The first-order valence-corrected chi connectivity index (χ1v) is 6.92. The van der Waals surface area contributed by atoms with Gasteiger partial charge >= 0.3 is 0 Å². The van der Waals surface area contributed by atoms with Gasteiger partial charge in [-0.15, -0.1) is 0 Å². The van der Waals surface area contributed by atoms with Crippen LogP contribution < -0.4 is 10.1 Å². The van der Waals surface area contributed by atoms with E-state index in [2.05, 4.69) is 16.3 Å². The first-order chi connectivity index (χ1) is 9.35. The summed E-state index contributed by atoms with van der Waals surface area (Å²) in [5, 5.41) is 12.9. The molecule has 0 amide bonds. The number of nitrogens with zero attached hydrogens (tertiary/aromatic N) is 2. The summed E-state index contributed by atoms with van der Waals surface area (Å²) in [6, 6.07) is 10.1.